The number of alkyl carbamates (subject to hydrolysis) is 1. The van der Waals surface area contributed by atoms with Gasteiger partial charge >= 0.3 is 6.09 Å². The van der Waals surface area contributed by atoms with Crippen molar-refractivity contribution in [3.05, 3.63) is 39.4 Å². The van der Waals surface area contributed by atoms with Gasteiger partial charge in [-0.2, -0.15) is 0 Å². The largest absolute Gasteiger partial charge is 0.444 e. The number of carbonyl (C=O) groups excluding carboxylic acids is 2. The van der Waals surface area contributed by atoms with Crippen molar-refractivity contribution in [3.8, 4) is 0 Å². The maximum atomic E-state index is 12.1. The molecule has 1 saturated heterocycles. The first kappa shape index (κ1) is 22.6. The van der Waals surface area contributed by atoms with Crippen molar-refractivity contribution >= 4 is 17.7 Å². The second-order valence-corrected chi connectivity index (χ2v) is 8.43. The van der Waals surface area contributed by atoms with E-state index in [0.29, 0.717) is 12.1 Å². The van der Waals surface area contributed by atoms with Gasteiger partial charge in [-0.05, 0) is 53.1 Å². The molecule has 1 heterocycles. The second kappa shape index (κ2) is 9.21. The number of carbonyl (C=O) groups is 2. The van der Waals surface area contributed by atoms with Gasteiger partial charge in [-0.3, -0.25) is 19.8 Å². The van der Waals surface area contributed by atoms with Crippen molar-refractivity contribution in [1.82, 2.24) is 10.2 Å². The molecule has 29 heavy (non-hydrogen) atoms. The summed E-state index contributed by atoms with van der Waals surface area (Å²) in [5.41, 5.74) is 5.15. The zero-order valence-corrected chi connectivity index (χ0v) is 17.4. The topological polar surface area (TPSA) is 128 Å². The van der Waals surface area contributed by atoms with Crippen molar-refractivity contribution < 1.29 is 19.2 Å². The van der Waals surface area contributed by atoms with Gasteiger partial charge in [-0.1, -0.05) is 12.5 Å². The molecule has 0 aromatic heterocycles. The van der Waals surface area contributed by atoms with Gasteiger partial charge in [0.05, 0.1) is 4.92 Å². The predicted molar refractivity (Wildman–Crippen MR) is 108 cm³/mol. The van der Waals surface area contributed by atoms with Gasteiger partial charge < -0.3 is 15.8 Å². The highest BCUT2D eigenvalue weighted by Crippen LogP contribution is 2.27. The minimum Gasteiger partial charge on any atom is -0.444 e. The Morgan fingerprint density at radius 1 is 1.38 bits per heavy atom. The Bertz CT molecular complexity index is 775. The molecule has 2 atom stereocenters. The lowest BCUT2D eigenvalue weighted by molar-refractivity contribution is -0.385. The average Bonchev–Trinajstić information content (AvgIpc) is 2.60. The fourth-order valence-electron chi connectivity index (χ4n) is 3.61. The van der Waals surface area contributed by atoms with Crippen LogP contribution in [0, 0.1) is 10.1 Å². The van der Waals surface area contributed by atoms with Gasteiger partial charge in [0.15, 0.2) is 0 Å². The van der Waals surface area contributed by atoms with E-state index < -0.39 is 22.5 Å². The minimum absolute atomic E-state index is 0.0201. The maximum absolute atomic E-state index is 12.1. The van der Waals surface area contributed by atoms with E-state index in [4.69, 9.17) is 10.5 Å². The maximum Gasteiger partial charge on any atom is 0.407 e. The zero-order chi connectivity index (χ0) is 21.8. The van der Waals surface area contributed by atoms with Crippen LogP contribution in [0.4, 0.5) is 10.5 Å². The number of piperidine rings is 1. The number of hydrogen-bond donors (Lipinski definition) is 2. The highest BCUT2D eigenvalue weighted by atomic mass is 16.6. The molecule has 9 heteroatoms. The molecular formula is C20H30N4O5. The van der Waals surface area contributed by atoms with Crippen molar-refractivity contribution in [3.63, 3.8) is 0 Å². The molecule has 0 aliphatic carbocycles. The Balaban J connectivity index is 2.16. The normalized spacial score (nSPS) is 18.7. The van der Waals surface area contributed by atoms with Gasteiger partial charge in [0.2, 0.25) is 5.91 Å². The predicted octanol–water partition coefficient (Wildman–Crippen LogP) is 2.96. The molecule has 2 rings (SSSR count). The van der Waals surface area contributed by atoms with Crippen LogP contribution in [0.15, 0.2) is 18.2 Å². The molecule has 0 spiro atoms. The zero-order valence-electron chi connectivity index (χ0n) is 17.4. The molecule has 160 valence electrons. The summed E-state index contributed by atoms with van der Waals surface area (Å²) < 4.78 is 5.34. The van der Waals surface area contributed by atoms with Crippen LogP contribution in [0.25, 0.3) is 0 Å². The molecule has 0 bridgehead atoms. The average molecular weight is 406 g/mol. The number of rotatable bonds is 6. The Morgan fingerprint density at radius 2 is 2.07 bits per heavy atom. The minimum atomic E-state index is -0.703. The Hall–Kier alpha value is -2.68. The number of nitrogens with zero attached hydrogens (tertiary/aromatic N) is 2. The number of benzene rings is 1. The first-order valence-corrected chi connectivity index (χ1v) is 9.78. The number of nitro groups is 1. The number of primary amides is 1. The van der Waals surface area contributed by atoms with E-state index in [-0.39, 0.29) is 23.3 Å². The number of likely N-dealkylation sites (tertiary alicyclic amines) is 1. The number of nitrogens with one attached hydrogen (secondary N) is 1. The van der Waals surface area contributed by atoms with Crippen LogP contribution in [0.3, 0.4) is 0 Å². The lowest BCUT2D eigenvalue weighted by Gasteiger charge is -2.39. The van der Waals surface area contributed by atoms with Crippen LogP contribution in [0.2, 0.25) is 0 Å². The van der Waals surface area contributed by atoms with Crippen molar-refractivity contribution in [2.45, 2.75) is 71.2 Å². The highest BCUT2D eigenvalue weighted by Gasteiger charge is 2.31. The Labute approximate surface area is 170 Å². The van der Waals surface area contributed by atoms with E-state index in [1.807, 2.05) is 6.92 Å². The van der Waals surface area contributed by atoms with E-state index >= 15 is 0 Å². The van der Waals surface area contributed by atoms with Gasteiger partial charge in [0.1, 0.15) is 5.60 Å². The smallest absolute Gasteiger partial charge is 0.407 e. The summed E-state index contributed by atoms with van der Waals surface area (Å²) in [6, 6.07) is 4.14. The Morgan fingerprint density at radius 3 is 2.66 bits per heavy atom. The summed E-state index contributed by atoms with van der Waals surface area (Å²) >= 11 is 0. The molecule has 2 unspecified atom stereocenters. The van der Waals surface area contributed by atoms with E-state index in [2.05, 4.69) is 10.2 Å². The third-order valence-electron chi connectivity index (χ3n) is 4.93. The monoisotopic (exact) mass is 406 g/mol. The summed E-state index contributed by atoms with van der Waals surface area (Å²) in [7, 11) is 0. The third kappa shape index (κ3) is 6.42. The van der Waals surface area contributed by atoms with Gasteiger partial charge in [0.25, 0.3) is 5.69 Å². The van der Waals surface area contributed by atoms with Gasteiger partial charge in [0, 0.05) is 35.8 Å². The summed E-state index contributed by atoms with van der Waals surface area (Å²) in [4.78, 5) is 36.6. The molecule has 1 aromatic rings. The first-order valence-electron chi connectivity index (χ1n) is 9.78. The number of hydrogen-bond acceptors (Lipinski definition) is 6. The molecular weight excluding hydrogens is 376 g/mol. The van der Waals surface area contributed by atoms with Gasteiger partial charge in [-0.15, -0.1) is 0 Å². The van der Waals surface area contributed by atoms with E-state index in [9.17, 15) is 19.7 Å². The lowest BCUT2D eigenvalue weighted by atomic mass is 9.95. The SMILES string of the molecule is CC(NC(=O)OC(C)(C)C)C1CCCCN1Cc1ccc(C(N)=O)cc1[N+](=O)[O-]. The third-order valence-corrected chi connectivity index (χ3v) is 4.93. The molecule has 9 nitrogen and oxygen atoms in total. The fourth-order valence-corrected chi connectivity index (χ4v) is 3.61. The second-order valence-electron chi connectivity index (χ2n) is 8.43. The summed E-state index contributed by atoms with van der Waals surface area (Å²) in [5.74, 6) is -0.703. The van der Waals surface area contributed by atoms with E-state index in [0.717, 1.165) is 25.8 Å². The summed E-state index contributed by atoms with van der Waals surface area (Å²) in [6.45, 7) is 8.44. The van der Waals surface area contributed by atoms with Crippen LogP contribution in [-0.2, 0) is 11.3 Å². The van der Waals surface area contributed by atoms with Gasteiger partial charge in [-0.25, -0.2) is 4.79 Å². The molecule has 3 N–H and O–H groups in total. The quantitative estimate of drug-likeness (QED) is 0.552. The first-order chi connectivity index (χ1) is 13.5. The number of nitrogens with two attached hydrogens (primary N) is 1. The van der Waals surface area contributed by atoms with Crippen molar-refractivity contribution in [2.24, 2.45) is 5.73 Å². The summed E-state index contributed by atoms with van der Waals surface area (Å²) in [5, 5.41) is 14.4. The number of amides is 2. The number of nitro benzene ring substituents is 1. The van der Waals surface area contributed by atoms with Crippen LogP contribution in [-0.4, -0.2) is 46.1 Å². The fraction of sp³-hybridized carbons (Fsp3) is 0.600. The van der Waals surface area contributed by atoms with Crippen molar-refractivity contribution in [2.75, 3.05) is 6.54 Å². The molecule has 1 fully saturated rings. The highest BCUT2D eigenvalue weighted by molar-refractivity contribution is 5.93. The summed E-state index contributed by atoms with van der Waals surface area (Å²) in [6.07, 6.45) is 2.38. The molecule has 2 amide bonds. The van der Waals surface area contributed by atoms with Crippen LogP contribution in [0.5, 0.6) is 0 Å². The molecule has 0 radical (unpaired) electrons. The van der Waals surface area contributed by atoms with Crippen LogP contribution >= 0.6 is 0 Å². The molecule has 0 saturated carbocycles. The molecule has 1 aromatic carbocycles. The number of ether oxygens (including phenoxy) is 1. The van der Waals surface area contributed by atoms with Crippen LogP contribution in [0.1, 0.15) is 62.9 Å². The molecule has 1 aliphatic heterocycles. The Kier molecular flexibility index (Phi) is 7.18. The van der Waals surface area contributed by atoms with E-state index in [1.165, 1.54) is 12.1 Å². The standard InChI is InChI=1S/C20H30N4O5/c1-13(22-19(26)29-20(2,3)4)16-7-5-6-10-23(16)12-15-9-8-14(18(21)25)11-17(15)24(27)28/h8-9,11,13,16H,5-7,10,12H2,1-4H3,(H2,21,25)(H,22,26). The molecule has 1 aliphatic rings. The lowest BCUT2D eigenvalue weighted by Crippen LogP contribution is -2.52. The van der Waals surface area contributed by atoms with E-state index in [1.54, 1.807) is 26.8 Å². The van der Waals surface area contributed by atoms with Crippen LogP contribution < -0.4 is 11.1 Å². The van der Waals surface area contributed by atoms with Crippen molar-refractivity contribution in [1.29, 1.82) is 0 Å².